The van der Waals surface area contributed by atoms with Gasteiger partial charge in [-0.15, -0.1) is 0 Å². The van der Waals surface area contributed by atoms with Gasteiger partial charge in [0.15, 0.2) is 11.5 Å². The molecular formula is C26H31NO3. The van der Waals surface area contributed by atoms with Crippen molar-refractivity contribution in [2.45, 2.75) is 38.5 Å². The molecule has 2 aromatic carbocycles. The summed E-state index contributed by atoms with van der Waals surface area (Å²) in [6.45, 7) is 2.21. The first-order valence-electron chi connectivity index (χ1n) is 10.4. The molecule has 0 saturated heterocycles. The molecule has 3 rings (SSSR count). The van der Waals surface area contributed by atoms with Gasteiger partial charge < -0.3 is 14.2 Å². The summed E-state index contributed by atoms with van der Waals surface area (Å²) in [7, 11) is 5.04. The van der Waals surface area contributed by atoms with Gasteiger partial charge in [-0.3, -0.25) is 4.98 Å². The van der Waals surface area contributed by atoms with E-state index in [2.05, 4.69) is 54.4 Å². The minimum Gasteiger partial charge on any atom is -0.492 e. The van der Waals surface area contributed by atoms with Crippen LogP contribution in [0.3, 0.4) is 0 Å². The molecular weight excluding hydrogens is 374 g/mol. The Bertz CT molecular complexity index is 926. The molecule has 0 N–H and O–H groups in total. The van der Waals surface area contributed by atoms with Crippen LogP contribution in [0.1, 0.15) is 41.5 Å². The van der Waals surface area contributed by atoms with Crippen LogP contribution in [0.5, 0.6) is 17.2 Å². The lowest BCUT2D eigenvalue weighted by molar-refractivity contribution is 0.319. The Kier molecular flexibility index (Phi) is 7.72. The van der Waals surface area contributed by atoms with E-state index < -0.39 is 0 Å². The third-order valence-corrected chi connectivity index (χ3v) is 5.49. The van der Waals surface area contributed by atoms with E-state index >= 15 is 0 Å². The number of methoxy groups -OCH3 is 3. The van der Waals surface area contributed by atoms with Crippen molar-refractivity contribution >= 4 is 0 Å². The van der Waals surface area contributed by atoms with Gasteiger partial charge in [0.05, 0.1) is 21.3 Å². The first-order valence-corrected chi connectivity index (χ1v) is 10.4. The summed E-state index contributed by atoms with van der Waals surface area (Å²) in [5.74, 6) is 2.49. The summed E-state index contributed by atoms with van der Waals surface area (Å²) in [5.41, 5.74) is 4.84. The fraction of sp³-hybridized carbons (Fsp3) is 0.346. The van der Waals surface area contributed by atoms with Gasteiger partial charge in [-0.2, -0.15) is 0 Å². The second-order valence-corrected chi connectivity index (χ2v) is 7.53. The van der Waals surface area contributed by atoms with Crippen LogP contribution < -0.4 is 14.2 Å². The zero-order chi connectivity index (χ0) is 21.3. The van der Waals surface area contributed by atoms with Crippen molar-refractivity contribution in [2.75, 3.05) is 21.3 Å². The first-order chi connectivity index (χ1) is 14.7. The van der Waals surface area contributed by atoms with Crippen LogP contribution >= 0.6 is 0 Å². The Morgan fingerprint density at radius 1 is 0.800 bits per heavy atom. The van der Waals surface area contributed by atoms with Gasteiger partial charge in [0.25, 0.3) is 0 Å². The maximum atomic E-state index is 5.75. The fourth-order valence-corrected chi connectivity index (χ4v) is 3.95. The van der Waals surface area contributed by atoms with Gasteiger partial charge in [-0.05, 0) is 66.0 Å². The Balaban J connectivity index is 1.88. The van der Waals surface area contributed by atoms with Crippen LogP contribution in [0.4, 0.5) is 0 Å². The average molecular weight is 406 g/mol. The summed E-state index contributed by atoms with van der Waals surface area (Å²) in [6.07, 6.45) is 7.54. The highest BCUT2D eigenvalue weighted by molar-refractivity contribution is 5.60. The van der Waals surface area contributed by atoms with Gasteiger partial charge in [-0.1, -0.05) is 43.3 Å². The molecule has 0 radical (unpaired) electrons. The molecule has 0 bridgehead atoms. The lowest BCUT2D eigenvalue weighted by atomic mass is 9.91. The highest BCUT2D eigenvalue weighted by Crippen LogP contribution is 2.44. The third kappa shape index (κ3) is 5.12. The molecule has 4 heteroatoms. The first kappa shape index (κ1) is 21.7. The standard InChI is InChI=1S/C26H31NO3/c1-19(22-14-9-15-27-18-22)16-23-17-21(13-8-12-20-10-6-5-7-11-20)24(28-2)26(30-4)25(23)29-3/h5-7,9-11,14-15,17-19H,8,12-13,16H2,1-4H3. The number of rotatable bonds is 10. The fourth-order valence-electron chi connectivity index (χ4n) is 3.95. The Morgan fingerprint density at radius 3 is 2.13 bits per heavy atom. The largest absolute Gasteiger partial charge is 0.492 e. The summed E-state index contributed by atoms with van der Waals surface area (Å²) >= 11 is 0. The molecule has 0 aliphatic rings. The summed E-state index contributed by atoms with van der Waals surface area (Å²) in [6, 6.07) is 16.9. The van der Waals surface area contributed by atoms with E-state index in [9.17, 15) is 0 Å². The van der Waals surface area contributed by atoms with E-state index in [1.54, 1.807) is 27.5 Å². The van der Waals surface area contributed by atoms with E-state index in [1.807, 2.05) is 12.3 Å². The smallest absolute Gasteiger partial charge is 0.203 e. The molecule has 0 amide bonds. The summed E-state index contributed by atoms with van der Waals surface area (Å²) in [5, 5.41) is 0. The van der Waals surface area contributed by atoms with Crippen LogP contribution in [0.25, 0.3) is 0 Å². The number of ether oxygens (including phenoxy) is 3. The van der Waals surface area contributed by atoms with Gasteiger partial charge in [0.1, 0.15) is 0 Å². The molecule has 0 spiro atoms. The Hall–Kier alpha value is -3.01. The zero-order valence-electron chi connectivity index (χ0n) is 18.4. The van der Waals surface area contributed by atoms with E-state index in [-0.39, 0.29) is 0 Å². The van der Waals surface area contributed by atoms with Crippen LogP contribution in [-0.4, -0.2) is 26.3 Å². The van der Waals surface area contributed by atoms with Gasteiger partial charge >= 0.3 is 0 Å². The Morgan fingerprint density at radius 2 is 1.50 bits per heavy atom. The quantitative estimate of drug-likeness (QED) is 0.438. The number of aryl methyl sites for hydroxylation is 2. The highest BCUT2D eigenvalue weighted by atomic mass is 16.5. The molecule has 1 unspecified atom stereocenters. The molecule has 0 aliphatic carbocycles. The van der Waals surface area contributed by atoms with E-state index in [0.717, 1.165) is 48.3 Å². The lowest BCUT2D eigenvalue weighted by Crippen LogP contribution is -2.06. The normalized spacial score (nSPS) is 11.7. The van der Waals surface area contributed by atoms with Crippen molar-refractivity contribution in [3.8, 4) is 17.2 Å². The molecule has 1 aromatic heterocycles. The highest BCUT2D eigenvalue weighted by Gasteiger charge is 2.22. The SMILES string of the molecule is COc1c(CCCc2ccccc2)cc(CC(C)c2cccnc2)c(OC)c1OC. The van der Waals surface area contributed by atoms with Crippen molar-refractivity contribution < 1.29 is 14.2 Å². The minimum absolute atomic E-state index is 0.308. The average Bonchev–Trinajstić information content (AvgIpc) is 2.79. The van der Waals surface area contributed by atoms with Crippen molar-refractivity contribution in [1.82, 2.24) is 4.98 Å². The third-order valence-electron chi connectivity index (χ3n) is 5.49. The second kappa shape index (κ2) is 10.7. The monoisotopic (exact) mass is 405 g/mol. The Labute approximate surface area is 179 Å². The molecule has 3 aromatic rings. The number of hydrogen-bond acceptors (Lipinski definition) is 4. The van der Waals surface area contributed by atoms with Crippen LogP contribution in [0.15, 0.2) is 60.9 Å². The van der Waals surface area contributed by atoms with Gasteiger partial charge in [0, 0.05) is 12.4 Å². The number of nitrogens with zero attached hydrogens (tertiary/aromatic N) is 1. The van der Waals surface area contributed by atoms with Crippen LogP contribution in [0, 0.1) is 0 Å². The van der Waals surface area contributed by atoms with Crippen LogP contribution in [-0.2, 0) is 19.3 Å². The van der Waals surface area contributed by atoms with E-state index in [0.29, 0.717) is 11.7 Å². The second-order valence-electron chi connectivity index (χ2n) is 7.53. The number of benzene rings is 2. The topological polar surface area (TPSA) is 40.6 Å². The van der Waals surface area contributed by atoms with Crippen molar-refractivity contribution in [1.29, 1.82) is 0 Å². The molecule has 1 heterocycles. The van der Waals surface area contributed by atoms with Gasteiger partial charge in [-0.25, -0.2) is 0 Å². The predicted molar refractivity (Wildman–Crippen MR) is 121 cm³/mol. The maximum absolute atomic E-state index is 5.75. The predicted octanol–water partition coefficient (Wildman–Crippen LogP) is 5.63. The zero-order valence-corrected chi connectivity index (χ0v) is 18.4. The molecule has 4 nitrogen and oxygen atoms in total. The molecule has 158 valence electrons. The molecule has 0 saturated carbocycles. The van der Waals surface area contributed by atoms with Crippen molar-refractivity contribution in [3.63, 3.8) is 0 Å². The van der Waals surface area contributed by atoms with Crippen molar-refractivity contribution in [3.05, 3.63) is 83.2 Å². The lowest BCUT2D eigenvalue weighted by Gasteiger charge is -2.21. The summed E-state index contributed by atoms with van der Waals surface area (Å²) < 4.78 is 17.2. The molecule has 30 heavy (non-hydrogen) atoms. The summed E-state index contributed by atoms with van der Waals surface area (Å²) in [4.78, 5) is 4.26. The number of aromatic nitrogens is 1. The minimum atomic E-state index is 0.308. The molecule has 0 fully saturated rings. The molecule has 1 atom stereocenters. The van der Waals surface area contributed by atoms with Crippen molar-refractivity contribution in [2.24, 2.45) is 0 Å². The van der Waals surface area contributed by atoms with E-state index in [4.69, 9.17) is 14.2 Å². The van der Waals surface area contributed by atoms with E-state index in [1.165, 1.54) is 11.1 Å². The molecule has 0 aliphatic heterocycles. The maximum Gasteiger partial charge on any atom is 0.203 e. The van der Waals surface area contributed by atoms with Crippen LogP contribution in [0.2, 0.25) is 0 Å². The van der Waals surface area contributed by atoms with Gasteiger partial charge in [0.2, 0.25) is 5.75 Å². The number of pyridine rings is 1. The number of hydrogen-bond donors (Lipinski definition) is 0.